The first kappa shape index (κ1) is 11.2. The van der Waals surface area contributed by atoms with Crippen LogP contribution in [0.2, 0.25) is 0 Å². The lowest BCUT2D eigenvalue weighted by Gasteiger charge is -2.09. The van der Waals surface area contributed by atoms with Gasteiger partial charge in [-0.3, -0.25) is 0 Å². The van der Waals surface area contributed by atoms with E-state index in [-0.39, 0.29) is 0 Å². The maximum atomic E-state index is 9.12. The zero-order valence-corrected chi connectivity index (χ0v) is 9.64. The van der Waals surface area contributed by atoms with E-state index in [0.717, 1.165) is 24.9 Å². The quantitative estimate of drug-likeness (QED) is 0.770. The van der Waals surface area contributed by atoms with Crippen LogP contribution in [0, 0.1) is 11.3 Å². The lowest BCUT2D eigenvalue weighted by molar-refractivity contribution is 0.761. The largest absolute Gasteiger partial charge is 0.395 e. The van der Waals surface area contributed by atoms with Gasteiger partial charge in [-0.1, -0.05) is 13.3 Å². The Balaban J connectivity index is 2.48. The molecular weight excluding hydrogens is 216 g/mol. The summed E-state index contributed by atoms with van der Waals surface area (Å²) in [4.78, 5) is 8.04. The molecule has 0 aliphatic heterocycles. The van der Waals surface area contributed by atoms with E-state index < -0.39 is 0 Å². The minimum absolute atomic E-state index is 0.386. The predicted octanol–water partition coefficient (Wildman–Crippen LogP) is 1.23. The third kappa shape index (κ3) is 1.87. The molecule has 0 fully saturated rings. The third-order valence-electron chi connectivity index (χ3n) is 2.57. The number of nitrogens with two attached hydrogens (primary N) is 1. The van der Waals surface area contributed by atoms with Gasteiger partial charge in [0.15, 0.2) is 5.69 Å². The van der Waals surface area contributed by atoms with E-state index in [4.69, 9.17) is 11.0 Å². The van der Waals surface area contributed by atoms with Crippen molar-refractivity contribution < 1.29 is 0 Å². The summed E-state index contributed by atoms with van der Waals surface area (Å²) in [7, 11) is 0. The highest BCUT2D eigenvalue weighted by molar-refractivity contribution is 5.91. The van der Waals surface area contributed by atoms with Crippen molar-refractivity contribution in [3.05, 3.63) is 18.2 Å². The summed E-state index contributed by atoms with van der Waals surface area (Å²) in [6, 6.07) is 2.09. The van der Waals surface area contributed by atoms with Crippen LogP contribution in [0.15, 0.2) is 12.5 Å². The van der Waals surface area contributed by atoms with Crippen molar-refractivity contribution >= 4 is 16.7 Å². The van der Waals surface area contributed by atoms with Gasteiger partial charge >= 0.3 is 0 Å². The van der Waals surface area contributed by atoms with Crippen LogP contribution in [0.4, 0.5) is 5.69 Å². The molecule has 2 aromatic rings. The summed E-state index contributed by atoms with van der Waals surface area (Å²) in [6.45, 7) is 2.89. The Morgan fingerprint density at radius 2 is 2.41 bits per heavy atom. The van der Waals surface area contributed by atoms with Gasteiger partial charge in [-0.05, 0) is 6.42 Å². The number of nitrogen functional groups attached to an aromatic ring is 1. The van der Waals surface area contributed by atoms with Gasteiger partial charge in [-0.2, -0.15) is 5.26 Å². The van der Waals surface area contributed by atoms with Crippen LogP contribution < -0.4 is 11.2 Å². The summed E-state index contributed by atoms with van der Waals surface area (Å²) >= 11 is 0. The summed E-state index contributed by atoms with van der Waals surface area (Å²) in [6.07, 6.45) is 5.19. The van der Waals surface area contributed by atoms with Crippen LogP contribution >= 0.6 is 0 Å². The molecule has 0 amide bonds. The topological polar surface area (TPSA) is 92.5 Å². The van der Waals surface area contributed by atoms with E-state index in [2.05, 4.69) is 28.4 Å². The molecule has 2 aromatic heterocycles. The molecule has 0 bridgehead atoms. The number of rotatable bonds is 4. The Kier molecular flexibility index (Phi) is 3.10. The van der Waals surface area contributed by atoms with Crippen LogP contribution in [0.3, 0.4) is 0 Å². The molecule has 3 N–H and O–H groups in total. The maximum Gasteiger partial charge on any atom is 0.165 e. The van der Waals surface area contributed by atoms with Crippen LogP contribution in [0.25, 0.3) is 11.0 Å². The van der Waals surface area contributed by atoms with Gasteiger partial charge in [-0.25, -0.2) is 14.6 Å². The molecule has 2 heterocycles. The van der Waals surface area contributed by atoms with Crippen molar-refractivity contribution in [2.24, 2.45) is 0 Å². The minimum Gasteiger partial charge on any atom is -0.395 e. The highest BCUT2D eigenvalue weighted by Gasteiger charge is 2.15. The maximum absolute atomic E-state index is 9.12. The molecule has 6 heteroatoms. The van der Waals surface area contributed by atoms with E-state index >= 15 is 0 Å². The molecule has 0 saturated carbocycles. The number of nitriles is 1. The number of fused-ring (bicyclic) bond motifs is 1. The average Bonchev–Trinajstić information content (AvgIpc) is 2.63. The van der Waals surface area contributed by atoms with Gasteiger partial charge in [-0.15, -0.1) is 0 Å². The molecule has 0 aliphatic rings. The zero-order valence-electron chi connectivity index (χ0n) is 9.64. The summed E-state index contributed by atoms with van der Waals surface area (Å²) < 4.78 is 1.67. The molecule has 0 aromatic carbocycles. The fourth-order valence-corrected chi connectivity index (χ4v) is 1.69. The minimum atomic E-state index is 0.386. The van der Waals surface area contributed by atoms with Crippen molar-refractivity contribution in [2.75, 3.05) is 17.7 Å². The van der Waals surface area contributed by atoms with Gasteiger partial charge in [0, 0.05) is 6.54 Å². The number of nitrogens with one attached hydrogen (secondary N) is 1. The normalized spacial score (nSPS) is 10.4. The van der Waals surface area contributed by atoms with Crippen LogP contribution in [0.5, 0.6) is 0 Å². The van der Waals surface area contributed by atoms with Crippen LogP contribution in [-0.2, 0) is 0 Å². The molecule has 0 atom stereocenters. The Morgan fingerprint density at radius 3 is 3.12 bits per heavy atom. The Labute approximate surface area is 99.0 Å². The highest BCUT2D eigenvalue weighted by Crippen LogP contribution is 2.24. The number of nitrogens with zero attached hydrogens (tertiary/aromatic N) is 4. The molecule has 0 aliphatic carbocycles. The number of anilines is 1. The second-order valence-electron chi connectivity index (χ2n) is 3.73. The number of hydrogen-bond acceptors (Lipinski definition) is 5. The summed E-state index contributed by atoms with van der Waals surface area (Å²) in [5.74, 6) is 0. The average molecular weight is 230 g/mol. The molecule has 17 heavy (non-hydrogen) atoms. The van der Waals surface area contributed by atoms with Gasteiger partial charge in [0.1, 0.15) is 23.4 Å². The highest BCUT2D eigenvalue weighted by atomic mass is 15.4. The molecule has 2 rings (SSSR count). The van der Waals surface area contributed by atoms with Crippen molar-refractivity contribution in [3.63, 3.8) is 0 Å². The Hall–Kier alpha value is -2.29. The summed E-state index contributed by atoms with van der Waals surface area (Å²) in [5.41, 5.74) is 11.2. The first-order valence-electron chi connectivity index (χ1n) is 5.53. The van der Waals surface area contributed by atoms with E-state index in [0.29, 0.717) is 16.9 Å². The first-order valence-corrected chi connectivity index (χ1v) is 5.53. The monoisotopic (exact) mass is 230 g/mol. The molecular formula is C11H14N6. The molecule has 0 radical (unpaired) electrons. The molecule has 0 spiro atoms. The second-order valence-corrected chi connectivity index (χ2v) is 3.73. The van der Waals surface area contributed by atoms with Crippen LogP contribution in [0.1, 0.15) is 25.5 Å². The zero-order chi connectivity index (χ0) is 12.3. The van der Waals surface area contributed by atoms with Gasteiger partial charge in [0.25, 0.3) is 0 Å². The molecule has 0 unspecified atom stereocenters. The van der Waals surface area contributed by atoms with Gasteiger partial charge in [0.05, 0.1) is 11.9 Å². The Morgan fingerprint density at radius 1 is 1.59 bits per heavy atom. The fraction of sp³-hybridized carbons (Fsp3) is 0.364. The number of hydrogen-bond donors (Lipinski definition) is 2. The fourth-order valence-electron chi connectivity index (χ4n) is 1.69. The number of unbranched alkanes of at least 4 members (excludes halogenated alkanes) is 1. The first-order chi connectivity index (χ1) is 8.29. The molecule has 0 saturated heterocycles. The van der Waals surface area contributed by atoms with Crippen molar-refractivity contribution in [1.82, 2.24) is 14.6 Å². The van der Waals surface area contributed by atoms with E-state index in [1.54, 1.807) is 10.9 Å². The third-order valence-corrected chi connectivity index (χ3v) is 2.57. The van der Waals surface area contributed by atoms with Crippen LogP contribution in [-0.4, -0.2) is 21.2 Å². The Bertz CT molecular complexity index is 565. The lowest BCUT2D eigenvalue weighted by atomic mass is 10.3. The van der Waals surface area contributed by atoms with Gasteiger partial charge in [0.2, 0.25) is 0 Å². The van der Waals surface area contributed by atoms with Crippen molar-refractivity contribution in [1.29, 1.82) is 5.26 Å². The predicted molar refractivity (Wildman–Crippen MR) is 65.8 cm³/mol. The van der Waals surface area contributed by atoms with Crippen molar-refractivity contribution in [3.8, 4) is 6.07 Å². The second kappa shape index (κ2) is 4.70. The van der Waals surface area contributed by atoms with Crippen molar-refractivity contribution in [2.45, 2.75) is 19.8 Å². The lowest BCUT2D eigenvalue weighted by Crippen LogP contribution is -2.17. The van der Waals surface area contributed by atoms with E-state index in [1.165, 1.54) is 6.33 Å². The standard InChI is InChI=1S/C11H14N6/c1-2-3-4-16-17-8(5-12)10(13)11-9(17)6-14-7-15-11/h6-7,16H,2-4,13H2,1H3. The molecule has 88 valence electrons. The number of aromatic nitrogens is 3. The van der Waals surface area contributed by atoms with E-state index in [9.17, 15) is 0 Å². The molecule has 6 nitrogen and oxygen atoms in total. The summed E-state index contributed by atoms with van der Waals surface area (Å²) in [5, 5.41) is 9.12. The SMILES string of the molecule is CCCCNn1c(C#N)c(N)c2ncncc21. The smallest absolute Gasteiger partial charge is 0.165 e. The van der Waals surface area contributed by atoms with Gasteiger partial charge < -0.3 is 11.2 Å². The van der Waals surface area contributed by atoms with E-state index in [1.807, 2.05) is 0 Å².